The van der Waals surface area contributed by atoms with Crippen LogP contribution in [-0.2, 0) is 6.42 Å². The van der Waals surface area contributed by atoms with Crippen LogP contribution in [-0.4, -0.2) is 10.1 Å². The smallest absolute Gasteiger partial charge is 0.115 e. The summed E-state index contributed by atoms with van der Waals surface area (Å²) >= 11 is 0. The summed E-state index contributed by atoms with van der Waals surface area (Å²) in [6, 6.07) is 11.3. The number of rotatable bonds is 5. The van der Waals surface area contributed by atoms with E-state index in [0.29, 0.717) is 0 Å². The number of pyridine rings is 1. The van der Waals surface area contributed by atoms with E-state index >= 15 is 0 Å². The summed E-state index contributed by atoms with van der Waals surface area (Å²) in [5.74, 6) is 0.287. The number of hydrogen-bond donors (Lipinski definition) is 1. The summed E-state index contributed by atoms with van der Waals surface area (Å²) in [6.45, 7) is 2.21. The van der Waals surface area contributed by atoms with Gasteiger partial charge >= 0.3 is 0 Å². The van der Waals surface area contributed by atoms with Crippen LogP contribution in [0.2, 0.25) is 0 Å². The van der Waals surface area contributed by atoms with Gasteiger partial charge in [-0.25, -0.2) is 0 Å². The Bertz CT molecular complexity index is 473. The second-order valence-electron chi connectivity index (χ2n) is 4.56. The van der Waals surface area contributed by atoms with Crippen molar-refractivity contribution in [2.75, 3.05) is 0 Å². The van der Waals surface area contributed by atoms with Gasteiger partial charge in [0.05, 0.1) is 5.69 Å². The van der Waals surface area contributed by atoms with Crippen LogP contribution in [0.15, 0.2) is 42.6 Å². The molecule has 0 aliphatic rings. The molecule has 2 heteroatoms. The lowest BCUT2D eigenvalue weighted by atomic mass is 10.1. The molecule has 1 heterocycles. The first-order chi connectivity index (χ1) is 8.79. The number of nitrogens with zero attached hydrogens (tertiary/aromatic N) is 1. The topological polar surface area (TPSA) is 33.1 Å². The molecule has 0 unspecified atom stereocenters. The van der Waals surface area contributed by atoms with Gasteiger partial charge in [-0.2, -0.15) is 0 Å². The SMILES string of the molecule is CCCCCc1ccc(-c2ccc(O)cc2)nc1. The molecule has 1 aromatic carbocycles. The molecule has 2 nitrogen and oxygen atoms in total. The molecular formula is C16H19NO. The van der Waals surface area contributed by atoms with Gasteiger partial charge < -0.3 is 5.11 Å². The summed E-state index contributed by atoms with van der Waals surface area (Å²) < 4.78 is 0. The highest BCUT2D eigenvalue weighted by Gasteiger charge is 2.00. The van der Waals surface area contributed by atoms with Gasteiger partial charge in [-0.1, -0.05) is 25.8 Å². The second-order valence-corrected chi connectivity index (χ2v) is 4.56. The van der Waals surface area contributed by atoms with Crippen LogP contribution in [0.3, 0.4) is 0 Å². The predicted molar refractivity (Wildman–Crippen MR) is 74.6 cm³/mol. The van der Waals surface area contributed by atoms with E-state index in [0.717, 1.165) is 17.7 Å². The number of phenols is 1. The molecule has 0 saturated carbocycles. The van der Waals surface area contributed by atoms with Crippen LogP contribution < -0.4 is 0 Å². The number of benzene rings is 1. The van der Waals surface area contributed by atoms with Gasteiger partial charge in [0, 0.05) is 11.8 Å². The molecule has 0 fully saturated rings. The lowest BCUT2D eigenvalue weighted by molar-refractivity contribution is 0.475. The van der Waals surface area contributed by atoms with Crippen LogP contribution in [0, 0.1) is 0 Å². The highest BCUT2D eigenvalue weighted by Crippen LogP contribution is 2.20. The molecule has 94 valence electrons. The Balaban J connectivity index is 2.05. The van der Waals surface area contributed by atoms with Crippen LogP contribution in [0.25, 0.3) is 11.3 Å². The van der Waals surface area contributed by atoms with Crippen LogP contribution in [0.1, 0.15) is 31.7 Å². The third-order valence-corrected chi connectivity index (χ3v) is 3.06. The fraction of sp³-hybridized carbons (Fsp3) is 0.312. The maximum atomic E-state index is 9.25. The fourth-order valence-corrected chi connectivity index (χ4v) is 1.95. The summed E-state index contributed by atoms with van der Waals surface area (Å²) in [7, 11) is 0. The number of hydrogen-bond acceptors (Lipinski definition) is 2. The number of aromatic nitrogens is 1. The number of aromatic hydroxyl groups is 1. The zero-order valence-electron chi connectivity index (χ0n) is 10.8. The van der Waals surface area contributed by atoms with E-state index in [9.17, 15) is 5.11 Å². The minimum absolute atomic E-state index is 0.287. The molecule has 0 saturated heterocycles. The lowest BCUT2D eigenvalue weighted by Crippen LogP contribution is -1.89. The summed E-state index contributed by atoms with van der Waals surface area (Å²) in [5, 5.41) is 9.25. The first-order valence-corrected chi connectivity index (χ1v) is 6.54. The average Bonchev–Trinajstić information content (AvgIpc) is 2.41. The molecule has 18 heavy (non-hydrogen) atoms. The van der Waals surface area contributed by atoms with Gasteiger partial charge in [0.25, 0.3) is 0 Å². The average molecular weight is 241 g/mol. The molecule has 0 radical (unpaired) electrons. The van der Waals surface area contributed by atoms with Crippen molar-refractivity contribution in [1.82, 2.24) is 4.98 Å². The largest absolute Gasteiger partial charge is 0.508 e. The normalized spacial score (nSPS) is 10.5. The molecule has 0 bridgehead atoms. The lowest BCUT2D eigenvalue weighted by Gasteiger charge is -2.04. The molecule has 2 aromatic rings. The molecular weight excluding hydrogens is 222 g/mol. The molecule has 1 aromatic heterocycles. The third-order valence-electron chi connectivity index (χ3n) is 3.06. The highest BCUT2D eigenvalue weighted by atomic mass is 16.3. The van der Waals surface area contributed by atoms with Gasteiger partial charge in [-0.15, -0.1) is 0 Å². The molecule has 0 spiro atoms. The zero-order valence-corrected chi connectivity index (χ0v) is 10.8. The third kappa shape index (κ3) is 3.33. The first kappa shape index (κ1) is 12.6. The molecule has 0 aliphatic heterocycles. The monoisotopic (exact) mass is 241 g/mol. The molecule has 0 atom stereocenters. The van der Waals surface area contributed by atoms with Gasteiger partial charge in [0.2, 0.25) is 0 Å². The molecule has 1 N–H and O–H groups in total. The van der Waals surface area contributed by atoms with E-state index in [1.165, 1.54) is 24.8 Å². The number of phenolic OH excluding ortho intramolecular Hbond substituents is 1. The van der Waals surface area contributed by atoms with Gasteiger partial charge in [0.15, 0.2) is 0 Å². The van der Waals surface area contributed by atoms with E-state index in [4.69, 9.17) is 0 Å². The zero-order chi connectivity index (χ0) is 12.8. The summed E-state index contributed by atoms with van der Waals surface area (Å²) in [5.41, 5.74) is 3.29. The standard InChI is InChI=1S/C16H19NO/c1-2-3-4-5-13-6-11-16(17-12-13)14-7-9-15(18)10-8-14/h6-12,18H,2-5H2,1H3. The predicted octanol–water partition coefficient (Wildman–Crippen LogP) is 4.19. The van der Waals surface area contributed by atoms with E-state index in [1.54, 1.807) is 12.1 Å². The minimum atomic E-state index is 0.287. The minimum Gasteiger partial charge on any atom is -0.508 e. The Morgan fingerprint density at radius 2 is 1.78 bits per heavy atom. The van der Waals surface area contributed by atoms with Crippen LogP contribution in [0.4, 0.5) is 0 Å². The van der Waals surface area contributed by atoms with Crippen molar-refractivity contribution >= 4 is 0 Å². The van der Waals surface area contributed by atoms with E-state index in [1.807, 2.05) is 24.4 Å². The van der Waals surface area contributed by atoms with Crippen molar-refractivity contribution in [3.8, 4) is 17.0 Å². The van der Waals surface area contributed by atoms with Crippen LogP contribution >= 0.6 is 0 Å². The second kappa shape index (κ2) is 6.20. The van der Waals surface area contributed by atoms with Crippen molar-refractivity contribution in [3.63, 3.8) is 0 Å². The quantitative estimate of drug-likeness (QED) is 0.796. The Hall–Kier alpha value is -1.83. The molecule has 0 aliphatic carbocycles. The fourth-order valence-electron chi connectivity index (χ4n) is 1.95. The highest BCUT2D eigenvalue weighted by molar-refractivity contribution is 5.59. The van der Waals surface area contributed by atoms with Gasteiger partial charge in [0.1, 0.15) is 5.75 Å². The van der Waals surface area contributed by atoms with Crippen molar-refractivity contribution in [1.29, 1.82) is 0 Å². The van der Waals surface area contributed by atoms with Crippen LogP contribution in [0.5, 0.6) is 5.75 Å². The van der Waals surface area contributed by atoms with E-state index < -0.39 is 0 Å². The van der Waals surface area contributed by atoms with E-state index in [-0.39, 0.29) is 5.75 Å². The Labute approximate surface area is 108 Å². The van der Waals surface area contributed by atoms with Crippen molar-refractivity contribution in [2.45, 2.75) is 32.6 Å². The van der Waals surface area contributed by atoms with E-state index in [2.05, 4.69) is 18.0 Å². The van der Waals surface area contributed by atoms with Crippen molar-refractivity contribution in [3.05, 3.63) is 48.2 Å². The first-order valence-electron chi connectivity index (χ1n) is 6.54. The Morgan fingerprint density at radius 1 is 1.00 bits per heavy atom. The van der Waals surface area contributed by atoms with Gasteiger partial charge in [-0.05, 0) is 48.7 Å². The van der Waals surface area contributed by atoms with Gasteiger partial charge in [-0.3, -0.25) is 4.98 Å². The summed E-state index contributed by atoms with van der Waals surface area (Å²) in [4.78, 5) is 4.48. The Morgan fingerprint density at radius 3 is 2.39 bits per heavy atom. The number of aryl methyl sites for hydroxylation is 1. The molecule has 2 rings (SSSR count). The van der Waals surface area contributed by atoms with Crippen molar-refractivity contribution in [2.24, 2.45) is 0 Å². The number of unbranched alkanes of at least 4 members (excludes halogenated alkanes) is 2. The maximum absolute atomic E-state index is 9.25. The maximum Gasteiger partial charge on any atom is 0.115 e. The molecule has 0 amide bonds. The Kier molecular flexibility index (Phi) is 4.35. The summed E-state index contributed by atoms with van der Waals surface area (Å²) in [6.07, 6.45) is 6.82. The van der Waals surface area contributed by atoms with Crippen molar-refractivity contribution < 1.29 is 5.11 Å².